The first-order valence-electron chi connectivity index (χ1n) is 5.53. The van der Waals surface area contributed by atoms with E-state index in [0.29, 0.717) is 11.3 Å². The second-order valence-electron chi connectivity index (χ2n) is 4.11. The molecule has 0 aliphatic rings. The number of thioether (sulfide) groups is 1. The summed E-state index contributed by atoms with van der Waals surface area (Å²) in [4.78, 5) is 25.0. The van der Waals surface area contributed by atoms with Crippen molar-refractivity contribution in [3.8, 4) is 0 Å². The van der Waals surface area contributed by atoms with Gasteiger partial charge in [-0.3, -0.25) is 9.59 Å². The van der Waals surface area contributed by atoms with Crippen LogP contribution in [-0.4, -0.2) is 41.7 Å². The average molecular weight is 330 g/mol. The maximum absolute atomic E-state index is 12.1. The molecule has 0 radical (unpaired) electrons. The van der Waals surface area contributed by atoms with Crippen LogP contribution in [0.25, 0.3) is 0 Å². The minimum absolute atomic E-state index is 0.0236. The lowest BCUT2D eigenvalue weighted by Crippen LogP contribution is -2.25. The molecule has 18 heavy (non-hydrogen) atoms. The third-order valence-corrected chi connectivity index (χ3v) is 4.11. The van der Waals surface area contributed by atoms with Crippen LogP contribution in [0.5, 0.6) is 0 Å². The van der Waals surface area contributed by atoms with E-state index in [2.05, 4.69) is 15.9 Å². The van der Waals surface area contributed by atoms with Crippen molar-refractivity contribution < 1.29 is 9.59 Å². The van der Waals surface area contributed by atoms with Crippen molar-refractivity contribution in [2.75, 3.05) is 19.8 Å². The number of Topliss-reactive ketones (excluding diaryl/α,β-unsaturated/α-hetero) is 1. The molecule has 0 aromatic heterocycles. The van der Waals surface area contributed by atoms with Gasteiger partial charge >= 0.3 is 0 Å². The van der Waals surface area contributed by atoms with E-state index < -0.39 is 0 Å². The molecule has 0 spiro atoms. The number of amides is 1. The molecule has 0 heterocycles. The fraction of sp³-hybridized carbons (Fsp3) is 0.385. The van der Waals surface area contributed by atoms with Crippen LogP contribution in [-0.2, 0) is 4.79 Å². The summed E-state index contributed by atoms with van der Waals surface area (Å²) in [6, 6.07) is 7.26. The Morgan fingerprint density at radius 2 is 1.83 bits per heavy atom. The SMILES string of the molecule is CC(SCC(=O)N(C)C)C(=O)c1ccc(Br)cc1. The Kier molecular flexibility index (Phi) is 5.88. The smallest absolute Gasteiger partial charge is 0.232 e. The normalized spacial score (nSPS) is 12.0. The molecule has 3 nitrogen and oxygen atoms in total. The zero-order valence-electron chi connectivity index (χ0n) is 10.6. The highest BCUT2D eigenvalue weighted by Gasteiger charge is 2.17. The second kappa shape index (κ2) is 6.95. The van der Waals surface area contributed by atoms with Gasteiger partial charge in [0.25, 0.3) is 0 Å². The predicted octanol–water partition coefficient (Wildman–Crippen LogP) is 2.84. The van der Waals surface area contributed by atoms with E-state index in [1.165, 1.54) is 16.7 Å². The maximum atomic E-state index is 12.1. The number of benzene rings is 1. The summed E-state index contributed by atoms with van der Waals surface area (Å²) in [6.07, 6.45) is 0. The molecule has 1 unspecified atom stereocenters. The molecule has 0 saturated heterocycles. The summed E-state index contributed by atoms with van der Waals surface area (Å²) in [5.74, 6) is 0.408. The summed E-state index contributed by atoms with van der Waals surface area (Å²) in [5, 5.41) is -0.213. The molecule has 1 amide bonds. The van der Waals surface area contributed by atoms with Gasteiger partial charge in [0.15, 0.2) is 5.78 Å². The molecule has 0 aliphatic heterocycles. The Morgan fingerprint density at radius 3 is 2.33 bits per heavy atom. The van der Waals surface area contributed by atoms with E-state index in [1.54, 1.807) is 26.2 Å². The summed E-state index contributed by atoms with van der Waals surface area (Å²) in [6.45, 7) is 1.83. The van der Waals surface area contributed by atoms with Crippen molar-refractivity contribution in [3.63, 3.8) is 0 Å². The van der Waals surface area contributed by atoms with Crippen LogP contribution in [0.3, 0.4) is 0 Å². The lowest BCUT2D eigenvalue weighted by atomic mass is 10.1. The van der Waals surface area contributed by atoms with Crippen molar-refractivity contribution in [1.29, 1.82) is 0 Å². The molecule has 1 rings (SSSR count). The van der Waals surface area contributed by atoms with Gasteiger partial charge in [-0.1, -0.05) is 28.1 Å². The highest BCUT2D eigenvalue weighted by atomic mass is 79.9. The van der Waals surface area contributed by atoms with Crippen molar-refractivity contribution in [3.05, 3.63) is 34.3 Å². The van der Waals surface area contributed by atoms with Crippen LogP contribution < -0.4 is 0 Å². The van der Waals surface area contributed by atoms with Crippen LogP contribution in [0.15, 0.2) is 28.7 Å². The van der Waals surface area contributed by atoms with Crippen molar-refractivity contribution in [2.24, 2.45) is 0 Å². The predicted molar refractivity (Wildman–Crippen MR) is 79.1 cm³/mol. The summed E-state index contributed by atoms with van der Waals surface area (Å²) >= 11 is 4.70. The van der Waals surface area contributed by atoms with Crippen molar-refractivity contribution in [2.45, 2.75) is 12.2 Å². The molecule has 0 bridgehead atoms. The van der Waals surface area contributed by atoms with Gasteiger partial charge in [0.1, 0.15) is 0 Å². The van der Waals surface area contributed by atoms with E-state index in [4.69, 9.17) is 0 Å². The Labute approximate surface area is 120 Å². The molecule has 5 heteroatoms. The summed E-state index contributed by atoms with van der Waals surface area (Å²) < 4.78 is 0.946. The quantitative estimate of drug-likeness (QED) is 0.779. The van der Waals surface area contributed by atoms with Gasteiger partial charge < -0.3 is 4.90 Å². The Morgan fingerprint density at radius 1 is 1.28 bits per heavy atom. The minimum Gasteiger partial charge on any atom is -0.348 e. The molecule has 1 aromatic carbocycles. The second-order valence-corrected chi connectivity index (χ2v) is 6.36. The lowest BCUT2D eigenvalue weighted by Gasteiger charge is -2.13. The standard InChI is InChI=1S/C13H16BrNO2S/c1-9(18-8-12(16)15(2)3)13(17)10-4-6-11(14)7-5-10/h4-7,9H,8H2,1-3H3. The first-order chi connectivity index (χ1) is 8.41. The van der Waals surface area contributed by atoms with Crippen LogP contribution >= 0.6 is 27.7 Å². The van der Waals surface area contributed by atoms with Crippen molar-refractivity contribution >= 4 is 39.4 Å². The Hall–Kier alpha value is -0.810. The summed E-state index contributed by atoms with van der Waals surface area (Å²) in [7, 11) is 3.42. The third kappa shape index (κ3) is 4.46. The monoisotopic (exact) mass is 329 g/mol. The maximum Gasteiger partial charge on any atom is 0.232 e. The Balaban J connectivity index is 2.56. The van der Waals surface area contributed by atoms with Gasteiger partial charge in [-0.05, 0) is 19.1 Å². The Bertz CT molecular complexity index is 431. The van der Waals surface area contributed by atoms with Gasteiger partial charge in [0.2, 0.25) is 5.91 Å². The van der Waals surface area contributed by atoms with Crippen LogP contribution in [0.1, 0.15) is 17.3 Å². The number of nitrogens with zero attached hydrogens (tertiary/aromatic N) is 1. The van der Waals surface area contributed by atoms with Gasteiger partial charge in [-0.2, -0.15) is 0 Å². The molecule has 0 fully saturated rings. The molecule has 98 valence electrons. The first-order valence-corrected chi connectivity index (χ1v) is 7.37. The number of ketones is 1. The van der Waals surface area contributed by atoms with Gasteiger partial charge in [-0.25, -0.2) is 0 Å². The molecule has 0 N–H and O–H groups in total. The first kappa shape index (κ1) is 15.2. The van der Waals surface area contributed by atoms with E-state index in [-0.39, 0.29) is 16.9 Å². The number of hydrogen-bond donors (Lipinski definition) is 0. The molecular formula is C13H16BrNO2S. The van der Waals surface area contributed by atoms with Gasteiger partial charge in [-0.15, -0.1) is 11.8 Å². The van der Waals surface area contributed by atoms with Crippen LogP contribution in [0.4, 0.5) is 0 Å². The highest BCUT2D eigenvalue weighted by molar-refractivity contribution is 9.10. The number of hydrogen-bond acceptors (Lipinski definition) is 3. The summed E-state index contributed by atoms with van der Waals surface area (Å²) in [5.41, 5.74) is 0.676. The molecule has 1 atom stereocenters. The largest absolute Gasteiger partial charge is 0.348 e. The molecule has 1 aromatic rings. The van der Waals surface area contributed by atoms with Crippen molar-refractivity contribution in [1.82, 2.24) is 4.90 Å². The number of halogens is 1. The minimum atomic E-state index is -0.213. The molecule has 0 saturated carbocycles. The van der Waals surface area contributed by atoms with Crippen LogP contribution in [0.2, 0.25) is 0 Å². The topological polar surface area (TPSA) is 37.4 Å². The van der Waals surface area contributed by atoms with E-state index in [1.807, 2.05) is 19.1 Å². The average Bonchev–Trinajstić information content (AvgIpc) is 2.35. The number of carbonyl (C=O) groups excluding carboxylic acids is 2. The number of rotatable bonds is 5. The zero-order valence-corrected chi connectivity index (χ0v) is 13.0. The van der Waals surface area contributed by atoms with E-state index in [9.17, 15) is 9.59 Å². The molecular weight excluding hydrogens is 314 g/mol. The number of carbonyl (C=O) groups is 2. The molecule has 0 aliphatic carbocycles. The van der Waals surface area contributed by atoms with E-state index >= 15 is 0 Å². The van der Waals surface area contributed by atoms with Gasteiger partial charge in [0, 0.05) is 24.1 Å². The lowest BCUT2D eigenvalue weighted by molar-refractivity contribution is -0.125. The fourth-order valence-corrected chi connectivity index (χ4v) is 2.45. The van der Waals surface area contributed by atoms with E-state index in [0.717, 1.165) is 4.47 Å². The zero-order chi connectivity index (χ0) is 13.7. The van der Waals surface area contributed by atoms with Gasteiger partial charge in [0.05, 0.1) is 11.0 Å². The van der Waals surface area contributed by atoms with Crippen LogP contribution in [0, 0.1) is 0 Å². The fourth-order valence-electron chi connectivity index (χ4n) is 1.25. The highest BCUT2D eigenvalue weighted by Crippen LogP contribution is 2.18. The third-order valence-electron chi connectivity index (χ3n) is 2.45.